The zero-order valence-corrected chi connectivity index (χ0v) is 12.9. The lowest BCUT2D eigenvalue weighted by atomic mass is 9.80. The van der Waals surface area contributed by atoms with Gasteiger partial charge < -0.3 is 4.90 Å². The Kier molecular flexibility index (Phi) is 6.94. The lowest BCUT2D eigenvalue weighted by Gasteiger charge is -2.37. The SMILES string of the molecule is CCCC(CS)(CCC)CN(CC)CC1CC1. The van der Waals surface area contributed by atoms with Crippen LogP contribution >= 0.6 is 12.6 Å². The van der Waals surface area contributed by atoms with Crippen LogP contribution in [-0.4, -0.2) is 30.3 Å². The van der Waals surface area contributed by atoms with Gasteiger partial charge >= 0.3 is 0 Å². The van der Waals surface area contributed by atoms with Crippen molar-refractivity contribution in [3.63, 3.8) is 0 Å². The maximum absolute atomic E-state index is 4.66. The Bertz CT molecular complexity index is 195. The highest BCUT2D eigenvalue weighted by Crippen LogP contribution is 2.35. The zero-order valence-electron chi connectivity index (χ0n) is 12.0. The summed E-state index contributed by atoms with van der Waals surface area (Å²) in [7, 11) is 0. The van der Waals surface area contributed by atoms with Crippen molar-refractivity contribution in [1.82, 2.24) is 4.90 Å². The minimum atomic E-state index is 0.470. The molecule has 1 aliphatic carbocycles. The molecule has 0 aromatic heterocycles. The summed E-state index contributed by atoms with van der Waals surface area (Å²) in [5.74, 6) is 2.06. The molecule has 0 unspecified atom stereocenters. The van der Waals surface area contributed by atoms with Crippen molar-refractivity contribution in [1.29, 1.82) is 0 Å². The van der Waals surface area contributed by atoms with E-state index in [9.17, 15) is 0 Å². The summed E-state index contributed by atoms with van der Waals surface area (Å²) in [5, 5.41) is 0. The highest BCUT2D eigenvalue weighted by atomic mass is 32.1. The molecule has 0 saturated heterocycles. The van der Waals surface area contributed by atoms with Gasteiger partial charge in [-0.05, 0) is 49.3 Å². The monoisotopic (exact) mass is 257 g/mol. The van der Waals surface area contributed by atoms with Crippen LogP contribution < -0.4 is 0 Å². The second-order valence-corrected chi connectivity index (χ2v) is 6.25. The van der Waals surface area contributed by atoms with Crippen molar-refractivity contribution < 1.29 is 0 Å². The second-order valence-electron chi connectivity index (χ2n) is 5.93. The Morgan fingerprint density at radius 1 is 1.12 bits per heavy atom. The van der Waals surface area contributed by atoms with Crippen molar-refractivity contribution >= 4 is 12.6 Å². The van der Waals surface area contributed by atoms with E-state index in [0.717, 1.165) is 11.7 Å². The predicted molar refractivity (Wildman–Crippen MR) is 80.9 cm³/mol. The molecule has 0 heterocycles. The van der Waals surface area contributed by atoms with E-state index in [1.807, 2.05) is 0 Å². The molecule has 0 N–H and O–H groups in total. The molecule has 0 radical (unpaired) electrons. The molecular weight excluding hydrogens is 226 g/mol. The molecule has 1 fully saturated rings. The molecule has 17 heavy (non-hydrogen) atoms. The van der Waals surface area contributed by atoms with Crippen molar-refractivity contribution in [2.45, 2.75) is 59.3 Å². The third-order valence-electron chi connectivity index (χ3n) is 4.12. The van der Waals surface area contributed by atoms with E-state index < -0.39 is 0 Å². The second kappa shape index (κ2) is 7.68. The van der Waals surface area contributed by atoms with Gasteiger partial charge in [0.2, 0.25) is 0 Å². The molecule has 102 valence electrons. The number of rotatable bonds is 10. The fourth-order valence-electron chi connectivity index (χ4n) is 3.00. The van der Waals surface area contributed by atoms with Gasteiger partial charge in [0.1, 0.15) is 0 Å². The van der Waals surface area contributed by atoms with Crippen molar-refractivity contribution in [3.8, 4) is 0 Å². The van der Waals surface area contributed by atoms with Gasteiger partial charge in [-0.1, -0.05) is 33.6 Å². The number of hydrogen-bond donors (Lipinski definition) is 1. The number of nitrogens with zero attached hydrogens (tertiary/aromatic N) is 1. The smallest absolute Gasteiger partial charge is 0.00458 e. The number of thiol groups is 1. The van der Waals surface area contributed by atoms with Gasteiger partial charge in [0.05, 0.1) is 0 Å². The van der Waals surface area contributed by atoms with Crippen LogP contribution in [0.1, 0.15) is 59.3 Å². The van der Waals surface area contributed by atoms with Gasteiger partial charge in [0.15, 0.2) is 0 Å². The Morgan fingerprint density at radius 2 is 1.71 bits per heavy atom. The first-order valence-electron chi connectivity index (χ1n) is 7.53. The van der Waals surface area contributed by atoms with Crippen LogP contribution in [0.2, 0.25) is 0 Å². The normalized spacial score (nSPS) is 16.8. The highest BCUT2D eigenvalue weighted by molar-refractivity contribution is 7.80. The quantitative estimate of drug-likeness (QED) is 0.573. The minimum Gasteiger partial charge on any atom is -0.303 e. The first-order chi connectivity index (χ1) is 8.19. The van der Waals surface area contributed by atoms with Gasteiger partial charge in [-0.25, -0.2) is 0 Å². The Labute approximate surface area is 114 Å². The summed E-state index contributed by atoms with van der Waals surface area (Å²) in [6.45, 7) is 10.7. The molecule has 1 aliphatic rings. The molecule has 0 atom stereocenters. The van der Waals surface area contributed by atoms with Gasteiger partial charge in [-0.3, -0.25) is 0 Å². The zero-order chi connectivity index (χ0) is 12.7. The predicted octanol–water partition coefficient (Wildman–Crippen LogP) is 4.23. The summed E-state index contributed by atoms with van der Waals surface area (Å²) < 4.78 is 0. The van der Waals surface area contributed by atoms with E-state index in [4.69, 9.17) is 0 Å². The average molecular weight is 257 g/mol. The molecular formula is C15H31NS. The van der Waals surface area contributed by atoms with Crippen LogP contribution in [0, 0.1) is 11.3 Å². The van der Waals surface area contributed by atoms with E-state index in [1.165, 1.54) is 58.2 Å². The minimum absolute atomic E-state index is 0.470. The fraction of sp³-hybridized carbons (Fsp3) is 1.00. The lowest BCUT2D eigenvalue weighted by Crippen LogP contribution is -2.40. The van der Waals surface area contributed by atoms with Crippen molar-refractivity contribution in [3.05, 3.63) is 0 Å². The van der Waals surface area contributed by atoms with E-state index in [0.29, 0.717) is 5.41 Å². The average Bonchev–Trinajstić information content (AvgIpc) is 3.12. The van der Waals surface area contributed by atoms with Crippen molar-refractivity contribution in [2.75, 3.05) is 25.4 Å². The van der Waals surface area contributed by atoms with Crippen molar-refractivity contribution in [2.24, 2.45) is 11.3 Å². The Morgan fingerprint density at radius 3 is 2.06 bits per heavy atom. The highest BCUT2D eigenvalue weighted by Gasteiger charge is 2.31. The van der Waals surface area contributed by atoms with Gasteiger partial charge in [-0.2, -0.15) is 12.6 Å². The number of hydrogen-bond acceptors (Lipinski definition) is 2. The molecule has 0 aromatic carbocycles. The molecule has 1 nitrogen and oxygen atoms in total. The summed E-state index contributed by atoms with van der Waals surface area (Å²) in [4.78, 5) is 2.68. The molecule has 1 saturated carbocycles. The standard InChI is InChI=1S/C15H31NS/c1-4-9-15(13-17,10-5-2)12-16(6-3)11-14-7-8-14/h14,17H,4-13H2,1-3H3. The molecule has 2 heteroatoms. The largest absolute Gasteiger partial charge is 0.303 e. The van der Waals surface area contributed by atoms with E-state index in [-0.39, 0.29) is 0 Å². The first-order valence-corrected chi connectivity index (χ1v) is 8.16. The molecule has 0 aromatic rings. The van der Waals surface area contributed by atoms with Crippen LogP contribution in [0.25, 0.3) is 0 Å². The van der Waals surface area contributed by atoms with Crippen LogP contribution in [0.15, 0.2) is 0 Å². The topological polar surface area (TPSA) is 3.24 Å². The van der Waals surface area contributed by atoms with Crippen LogP contribution in [-0.2, 0) is 0 Å². The summed E-state index contributed by atoms with van der Waals surface area (Å²) in [6.07, 6.45) is 8.19. The molecule has 0 aliphatic heterocycles. The molecule has 0 amide bonds. The van der Waals surface area contributed by atoms with Gasteiger partial charge in [0, 0.05) is 13.1 Å². The van der Waals surface area contributed by atoms with Crippen LogP contribution in [0.4, 0.5) is 0 Å². The molecule has 1 rings (SSSR count). The fourth-order valence-corrected chi connectivity index (χ4v) is 3.41. The maximum atomic E-state index is 4.66. The third kappa shape index (κ3) is 5.21. The Balaban J connectivity index is 2.53. The molecule has 0 spiro atoms. The van der Waals surface area contributed by atoms with Gasteiger partial charge in [0.25, 0.3) is 0 Å². The lowest BCUT2D eigenvalue weighted by molar-refractivity contribution is 0.147. The van der Waals surface area contributed by atoms with E-state index in [2.05, 4.69) is 38.3 Å². The molecule has 0 bridgehead atoms. The summed E-state index contributed by atoms with van der Waals surface area (Å²) in [6, 6.07) is 0. The third-order valence-corrected chi connectivity index (χ3v) is 4.79. The summed E-state index contributed by atoms with van der Waals surface area (Å²) in [5.41, 5.74) is 0.470. The Hall–Kier alpha value is 0.310. The van der Waals surface area contributed by atoms with E-state index >= 15 is 0 Å². The van der Waals surface area contributed by atoms with E-state index in [1.54, 1.807) is 0 Å². The van der Waals surface area contributed by atoms with Gasteiger partial charge in [-0.15, -0.1) is 0 Å². The first kappa shape index (κ1) is 15.4. The summed E-state index contributed by atoms with van der Waals surface area (Å²) >= 11 is 4.66. The van der Waals surface area contributed by atoms with Crippen LogP contribution in [0.3, 0.4) is 0 Å². The maximum Gasteiger partial charge on any atom is 0.00458 e. The van der Waals surface area contributed by atoms with Crippen LogP contribution in [0.5, 0.6) is 0 Å².